The van der Waals surface area contributed by atoms with Crippen molar-refractivity contribution in [1.82, 2.24) is 26.2 Å². The van der Waals surface area contributed by atoms with Gasteiger partial charge in [0.05, 0.1) is 63.3 Å². The van der Waals surface area contributed by atoms with Crippen molar-refractivity contribution in [3.05, 3.63) is 58.8 Å². The van der Waals surface area contributed by atoms with Gasteiger partial charge in [0.15, 0.2) is 5.75 Å². The molecule has 0 bridgehead atoms. The minimum atomic E-state index is -1.59. The minimum absolute atomic E-state index is 0.0261. The van der Waals surface area contributed by atoms with Crippen LogP contribution in [0.4, 0.5) is 0 Å². The van der Waals surface area contributed by atoms with Gasteiger partial charge in [0.2, 0.25) is 29.5 Å². The second-order valence-corrected chi connectivity index (χ2v) is 16.7. The van der Waals surface area contributed by atoms with Crippen molar-refractivity contribution in [1.29, 1.82) is 0 Å². The molecule has 0 radical (unpaired) electrons. The number of aliphatic carboxylic acids is 1. The third kappa shape index (κ3) is 17.6. The number of nitrogens with zero attached hydrogens (tertiary/aromatic N) is 1. The van der Waals surface area contributed by atoms with Gasteiger partial charge in [0.25, 0.3) is 11.8 Å². The summed E-state index contributed by atoms with van der Waals surface area (Å²) in [6.45, 7) is 3.90. The van der Waals surface area contributed by atoms with Gasteiger partial charge in [0, 0.05) is 25.0 Å². The van der Waals surface area contributed by atoms with Gasteiger partial charge >= 0.3 is 5.97 Å². The molecule has 23 heteroatoms. The first-order valence-corrected chi connectivity index (χ1v) is 21.7. The molecule has 0 unspecified atom stereocenters. The lowest BCUT2D eigenvalue weighted by Gasteiger charge is -2.23. The zero-order valence-electron chi connectivity index (χ0n) is 32.9. The lowest BCUT2D eigenvalue weighted by Crippen LogP contribution is -2.57. The van der Waals surface area contributed by atoms with Gasteiger partial charge in [-0.1, -0.05) is 0 Å². The predicted octanol–water partition coefficient (Wildman–Crippen LogP) is 0.845. The summed E-state index contributed by atoms with van der Waals surface area (Å²) in [4.78, 5) is 99.6. The number of imide groups is 1. The fourth-order valence-electron chi connectivity index (χ4n) is 5.21. The van der Waals surface area contributed by atoms with Crippen LogP contribution in [0.2, 0.25) is 0 Å². The van der Waals surface area contributed by atoms with Crippen molar-refractivity contribution < 1.29 is 67.5 Å². The summed E-state index contributed by atoms with van der Waals surface area (Å²) in [5, 5.41) is 29.4. The molecule has 0 aromatic heterocycles. The third-order valence-electron chi connectivity index (χ3n) is 8.39. The molecular formula is C38H45I3N6O14. The number of benzene rings is 2. The van der Waals surface area contributed by atoms with E-state index in [0.29, 0.717) is 27.8 Å². The van der Waals surface area contributed by atoms with Crippen LogP contribution in [0.1, 0.15) is 32.3 Å². The molecule has 2 aromatic carbocycles. The number of hydrogen-bond donors (Lipinski definition) is 7. The summed E-state index contributed by atoms with van der Waals surface area (Å²) in [7, 11) is 0. The van der Waals surface area contributed by atoms with Gasteiger partial charge in [0.1, 0.15) is 35.7 Å². The molecular weight excluding hydrogens is 1150 g/mol. The number of primary amides is 1. The molecule has 0 saturated heterocycles. The maximum atomic E-state index is 13.3. The Kier molecular flexibility index (Phi) is 21.5. The molecule has 20 nitrogen and oxygen atoms in total. The quantitative estimate of drug-likeness (QED) is 0.0391. The van der Waals surface area contributed by atoms with E-state index in [1.165, 1.54) is 32.1 Å². The second-order valence-electron chi connectivity index (χ2n) is 13.2. The van der Waals surface area contributed by atoms with E-state index < -0.39 is 66.1 Å². The Balaban J connectivity index is 1.40. The molecule has 0 saturated carbocycles. The number of hydrogen-bond acceptors (Lipinski definition) is 13. The molecule has 7 amide bonds. The van der Waals surface area contributed by atoms with E-state index in [1.807, 2.05) is 67.8 Å². The fraction of sp³-hybridized carbons (Fsp3) is 0.421. The summed E-state index contributed by atoms with van der Waals surface area (Å²) < 4.78 is 23.9. The topological polar surface area (TPSA) is 291 Å². The van der Waals surface area contributed by atoms with Crippen LogP contribution >= 0.6 is 67.8 Å². The third-order valence-corrected chi connectivity index (χ3v) is 10.9. The van der Waals surface area contributed by atoms with Gasteiger partial charge in [-0.05, 0) is 118 Å². The second kappa shape index (κ2) is 25.7. The molecule has 3 rings (SSSR count). The van der Waals surface area contributed by atoms with Crippen LogP contribution in [-0.2, 0) is 59.0 Å². The van der Waals surface area contributed by atoms with Crippen LogP contribution in [-0.4, -0.2) is 133 Å². The molecule has 1 aliphatic rings. The van der Waals surface area contributed by atoms with Crippen molar-refractivity contribution in [3.63, 3.8) is 0 Å². The monoisotopic (exact) mass is 1190 g/mol. The standard InChI is InChI=1S/C38H45I3N6O14/c1-20(43-31(50)7-9-58-11-13-60-14-12-59-10-8-47-32(51)5-6-33(47)52)35(53)44-21(2)36(54)45-27(19-30(42)49)37(55)46-28(38(56)57)17-22-15-25(40)34(26(41)16-22)61-23-3-4-29(48)24(39)18-23/h3-6,15-16,18,20-21,27-28,48H,7-14,17,19H2,1-2H3,(H2,42,49)(H,43,50)(H,44,53)(H,45,54)(H,46,55)(H,56,57)/t20-,21-,27+,28-/m0/s1. The molecule has 1 aliphatic heterocycles. The first kappa shape index (κ1) is 51.2. The van der Waals surface area contributed by atoms with E-state index in [4.69, 9.17) is 24.7 Å². The maximum Gasteiger partial charge on any atom is 0.326 e. The number of phenols is 1. The fourth-order valence-corrected chi connectivity index (χ4v) is 7.81. The van der Waals surface area contributed by atoms with Crippen molar-refractivity contribution in [2.75, 3.05) is 46.2 Å². The molecule has 0 spiro atoms. The summed E-state index contributed by atoms with van der Waals surface area (Å²) >= 11 is 6.03. The lowest BCUT2D eigenvalue weighted by atomic mass is 10.0. The number of rotatable bonds is 26. The first-order chi connectivity index (χ1) is 28.9. The molecule has 0 fully saturated rings. The molecule has 2 aromatic rings. The van der Waals surface area contributed by atoms with Gasteiger partial charge in [-0.2, -0.15) is 0 Å². The Morgan fingerprint density at radius 3 is 1.84 bits per heavy atom. The van der Waals surface area contributed by atoms with Crippen LogP contribution in [0.3, 0.4) is 0 Å². The molecule has 4 atom stereocenters. The van der Waals surface area contributed by atoms with Gasteiger partial charge in [-0.3, -0.25) is 38.5 Å². The average molecular weight is 1190 g/mol. The first-order valence-electron chi connectivity index (χ1n) is 18.5. The minimum Gasteiger partial charge on any atom is -0.507 e. The Bertz CT molecular complexity index is 1940. The van der Waals surface area contributed by atoms with E-state index in [-0.39, 0.29) is 76.6 Å². The van der Waals surface area contributed by atoms with Crippen molar-refractivity contribution in [2.24, 2.45) is 5.73 Å². The van der Waals surface area contributed by atoms with E-state index >= 15 is 0 Å². The van der Waals surface area contributed by atoms with E-state index in [2.05, 4.69) is 21.3 Å². The number of carbonyl (C=O) groups is 8. The van der Waals surface area contributed by atoms with E-state index in [0.717, 1.165) is 4.90 Å². The van der Waals surface area contributed by atoms with Gasteiger partial charge < -0.3 is 56.2 Å². The highest BCUT2D eigenvalue weighted by Gasteiger charge is 2.31. The molecule has 0 aliphatic carbocycles. The Hall–Kier alpha value is -4.19. The highest BCUT2D eigenvalue weighted by Crippen LogP contribution is 2.35. The summed E-state index contributed by atoms with van der Waals surface area (Å²) in [5.74, 6) is -5.18. The Morgan fingerprint density at radius 1 is 0.721 bits per heavy atom. The number of ether oxygens (including phenoxy) is 4. The van der Waals surface area contributed by atoms with Crippen LogP contribution in [0, 0.1) is 10.7 Å². The molecule has 61 heavy (non-hydrogen) atoms. The zero-order chi connectivity index (χ0) is 45.2. The molecule has 1 heterocycles. The van der Waals surface area contributed by atoms with E-state index in [9.17, 15) is 48.6 Å². The number of nitrogens with one attached hydrogen (secondary N) is 4. The molecule has 8 N–H and O–H groups in total. The number of carboxylic acids is 1. The number of amides is 7. The number of halogens is 3. The van der Waals surface area contributed by atoms with Crippen LogP contribution in [0.25, 0.3) is 0 Å². The smallest absolute Gasteiger partial charge is 0.326 e. The lowest BCUT2D eigenvalue weighted by molar-refractivity contribution is -0.142. The van der Waals surface area contributed by atoms with Crippen molar-refractivity contribution >= 4 is 115 Å². The van der Waals surface area contributed by atoms with Crippen molar-refractivity contribution in [2.45, 2.75) is 57.3 Å². The highest BCUT2D eigenvalue weighted by molar-refractivity contribution is 14.1. The summed E-state index contributed by atoms with van der Waals surface area (Å²) in [5.41, 5.74) is 5.86. The number of carboxylic acid groups (broad SMARTS) is 1. The number of carbonyl (C=O) groups excluding carboxylic acids is 7. The number of nitrogens with two attached hydrogens (primary N) is 1. The predicted molar refractivity (Wildman–Crippen MR) is 240 cm³/mol. The van der Waals surface area contributed by atoms with Gasteiger partial charge in [-0.25, -0.2) is 4.79 Å². The SMILES string of the molecule is C[C@H](NC(=O)CCOCCOCCOCCN1C(=O)C=CC1=O)C(=O)N[C@@H](C)C(=O)N[C@H](CC(N)=O)C(=O)N[C@@H](Cc1cc(I)c(Oc2ccc(O)c(I)c2)c(I)c1)C(=O)O. The highest BCUT2D eigenvalue weighted by atomic mass is 127. The number of phenolic OH excluding ortho intramolecular Hbond substituents is 1. The number of aromatic hydroxyl groups is 1. The normalized spacial score (nSPS) is 14.1. The van der Waals surface area contributed by atoms with E-state index in [1.54, 1.807) is 24.3 Å². The Morgan fingerprint density at radius 2 is 1.26 bits per heavy atom. The zero-order valence-corrected chi connectivity index (χ0v) is 39.3. The Labute approximate surface area is 391 Å². The summed E-state index contributed by atoms with van der Waals surface area (Å²) in [6, 6.07) is 2.71. The van der Waals surface area contributed by atoms with Gasteiger partial charge in [-0.15, -0.1) is 0 Å². The largest absolute Gasteiger partial charge is 0.507 e. The average Bonchev–Trinajstić information content (AvgIpc) is 3.51. The van der Waals surface area contributed by atoms with Crippen LogP contribution < -0.4 is 31.7 Å². The summed E-state index contributed by atoms with van der Waals surface area (Å²) in [6.07, 6.45) is 1.46. The molecule has 332 valence electrons. The maximum absolute atomic E-state index is 13.3. The van der Waals surface area contributed by atoms with Crippen LogP contribution in [0.15, 0.2) is 42.5 Å². The van der Waals surface area contributed by atoms with Crippen LogP contribution in [0.5, 0.6) is 17.2 Å². The van der Waals surface area contributed by atoms with Crippen molar-refractivity contribution in [3.8, 4) is 17.2 Å².